The van der Waals surface area contributed by atoms with E-state index >= 15 is 0 Å². The van der Waals surface area contributed by atoms with Gasteiger partial charge in [0.25, 0.3) is 0 Å². The molecular weight excluding hydrogens is 240 g/mol. The number of aliphatic hydroxyl groups is 2. The molecule has 0 fully saturated rings. The number of carbonyl (C=O) groups excluding carboxylic acids is 1. The Balaban J connectivity index is 1.91. The lowest BCUT2D eigenvalue weighted by Gasteiger charge is -2.07. The van der Waals surface area contributed by atoms with E-state index < -0.39 is 6.29 Å². The Kier molecular flexibility index (Phi) is 3.93. The third-order valence-electron chi connectivity index (χ3n) is 2.26. The van der Waals surface area contributed by atoms with Crippen LogP contribution in [0.5, 0.6) is 0 Å². The van der Waals surface area contributed by atoms with Crippen molar-refractivity contribution >= 4 is 6.29 Å². The average molecular weight is 252 g/mol. The smallest absolute Gasteiger partial charge is 0.215 e. The molecule has 0 spiro atoms. The molecule has 0 aromatic carbocycles. The molecule has 0 saturated carbocycles. The molecule has 1 unspecified atom stereocenters. The molecule has 0 aliphatic heterocycles. The van der Waals surface area contributed by atoms with Crippen LogP contribution in [0.4, 0.5) is 0 Å². The standard InChI is InChI=1S/C12H12O6/c13-5-8-1-2-10(17-8)7-16-12(15)11-4-3-9(6-14)18-11/h1-5,12,14-15H,6-7H2. The molecule has 2 heterocycles. The first-order valence-corrected chi connectivity index (χ1v) is 5.26. The molecule has 6 nitrogen and oxygen atoms in total. The van der Waals surface area contributed by atoms with Gasteiger partial charge in [-0.2, -0.15) is 0 Å². The van der Waals surface area contributed by atoms with Crippen molar-refractivity contribution in [1.29, 1.82) is 0 Å². The van der Waals surface area contributed by atoms with Gasteiger partial charge in [0.2, 0.25) is 6.29 Å². The molecule has 2 aromatic heterocycles. The molecule has 18 heavy (non-hydrogen) atoms. The summed E-state index contributed by atoms with van der Waals surface area (Å²) in [5.41, 5.74) is 0. The van der Waals surface area contributed by atoms with Crippen LogP contribution in [-0.4, -0.2) is 16.5 Å². The Morgan fingerprint density at radius 3 is 2.61 bits per heavy atom. The molecular formula is C12H12O6. The summed E-state index contributed by atoms with van der Waals surface area (Å²) in [5.74, 6) is 1.16. The Labute approximate surface area is 102 Å². The minimum Gasteiger partial charge on any atom is -0.458 e. The van der Waals surface area contributed by atoms with Gasteiger partial charge in [0.05, 0.1) is 0 Å². The van der Waals surface area contributed by atoms with Crippen molar-refractivity contribution in [3.63, 3.8) is 0 Å². The summed E-state index contributed by atoms with van der Waals surface area (Å²) in [4.78, 5) is 10.4. The van der Waals surface area contributed by atoms with E-state index in [0.29, 0.717) is 17.8 Å². The molecule has 0 saturated heterocycles. The molecule has 0 aliphatic rings. The first-order chi connectivity index (χ1) is 8.72. The normalized spacial score (nSPS) is 12.6. The van der Waals surface area contributed by atoms with Gasteiger partial charge in [0.1, 0.15) is 24.7 Å². The highest BCUT2D eigenvalue weighted by Gasteiger charge is 2.13. The second kappa shape index (κ2) is 5.63. The Morgan fingerprint density at radius 2 is 2.00 bits per heavy atom. The number of ether oxygens (including phenoxy) is 1. The molecule has 0 radical (unpaired) electrons. The summed E-state index contributed by atoms with van der Waals surface area (Å²) in [6, 6.07) is 6.14. The maximum absolute atomic E-state index is 10.4. The van der Waals surface area contributed by atoms with Gasteiger partial charge in [-0.05, 0) is 24.3 Å². The van der Waals surface area contributed by atoms with E-state index in [0.717, 1.165) is 0 Å². The van der Waals surface area contributed by atoms with Gasteiger partial charge in [0.15, 0.2) is 17.8 Å². The first-order valence-electron chi connectivity index (χ1n) is 5.26. The number of rotatable bonds is 6. The van der Waals surface area contributed by atoms with Crippen molar-refractivity contribution in [3.05, 3.63) is 47.3 Å². The molecule has 2 aromatic rings. The largest absolute Gasteiger partial charge is 0.458 e. The van der Waals surface area contributed by atoms with Gasteiger partial charge in [0, 0.05) is 0 Å². The van der Waals surface area contributed by atoms with Crippen LogP contribution in [0.25, 0.3) is 0 Å². The number of hydrogen-bond acceptors (Lipinski definition) is 6. The highest BCUT2D eigenvalue weighted by atomic mass is 16.6. The van der Waals surface area contributed by atoms with Crippen molar-refractivity contribution in [3.8, 4) is 0 Å². The molecule has 2 N–H and O–H groups in total. The second-order valence-corrected chi connectivity index (χ2v) is 3.55. The molecule has 0 amide bonds. The van der Waals surface area contributed by atoms with Crippen molar-refractivity contribution in [2.45, 2.75) is 19.5 Å². The fraction of sp³-hybridized carbons (Fsp3) is 0.250. The number of furan rings is 2. The highest BCUT2D eigenvalue weighted by molar-refractivity contribution is 5.70. The molecule has 0 aliphatic carbocycles. The maximum Gasteiger partial charge on any atom is 0.215 e. The summed E-state index contributed by atoms with van der Waals surface area (Å²) < 4.78 is 15.3. The van der Waals surface area contributed by atoms with E-state index in [9.17, 15) is 9.90 Å². The Morgan fingerprint density at radius 1 is 1.22 bits per heavy atom. The number of aliphatic hydroxyl groups excluding tert-OH is 2. The van der Waals surface area contributed by atoms with Crippen molar-refractivity contribution in [1.82, 2.24) is 0 Å². The van der Waals surface area contributed by atoms with Gasteiger partial charge in [-0.1, -0.05) is 0 Å². The fourth-order valence-electron chi connectivity index (χ4n) is 1.39. The van der Waals surface area contributed by atoms with Crippen molar-refractivity contribution < 1.29 is 28.6 Å². The molecule has 96 valence electrons. The summed E-state index contributed by atoms with van der Waals surface area (Å²) >= 11 is 0. The van der Waals surface area contributed by atoms with E-state index in [-0.39, 0.29) is 24.7 Å². The van der Waals surface area contributed by atoms with Crippen LogP contribution in [0.15, 0.2) is 33.1 Å². The monoisotopic (exact) mass is 252 g/mol. The summed E-state index contributed by atoms with van der Waals surface area (Å²) in [7, 11) is 0. The second-order valence-electron chi connectivity index (χ2n) is 3.55. The van der Waals surface area contributed by atoms with E-state index in [1.807, 2.05) is 0 Å². The van der Waals surface area contributed by atoms with Gasteiger partial charge < -0.3 is 23.8 Å². The summed E-state index contributed by atoms with van der Waals surface area (Å²) in [5, 5.41) is 18.5. The van der Waals surface area contributed by atoms with Gasteiger partial charge in [-0.3, -0.25) is 4.79 Å². The molecule has 1 atom stereocenters. The number of aldehydes is 1. The van der Waals surface area contributed by atoms with Gasteiger partial charge >= 0.3 is 0 Å². The van der Waals surface area contributed by atoms with Crippen LogP contribution in [0.2, 0.25) is 0 Å². The van der Waals surface area contributed by atoms with Gasteiger partial charge in [-0.25, -0.2) is 0 Å². The van der Waals surface area contributed by atoms with E-state index in [2.05, 4.69) is 0 Å². The zero-order valence-electron chi connectivity index (χ0n) is 9.41. The quantitative estimate of drug-likeness (QED) is 0.596. The van der Waals surface area contributed by atoms with Gasteiger partial charge in [-0.15, -0.1) is 0 Å². The van der Waals surface area contributed by atoms with E-state index in [1.165, 1.54) is 12.1 Å². The van der Waals surface area contributed by atoms with Crippen LogP contribution in [0, 0.1) is 0 Å². The van der Waals surface area contributed by atoms with Crippen molar-refractivity contribution in [2.75, 3.05) is 0 Å². The predicted molar refractivity (Wildman–Crippen MR) is 58.5 cm³/mol. The molecule has 2 rings (SSSR count). The van der Waals surface area contributed by atoms with Crippen LogP contribution < -0.4 is 0 Å². The van der Waals surface area contributed by atoms with E-state index in [4.69, 9.17) is 18.7 Å². The SMILES string of the molecule is O=Cc1ccc(COC(O)c2ccc(CO)o2)o1. The molecule has 6 heteroatoms. The first kappa shape index (κ1) is 12.6. The Bertz CT molecular complexity index is 512. The minimum absolute atomic E-state index is 0.00413. The highest BCUT2D eigenvalue weighted by Crippen LogP contribution is 2.19. The predicted octanol–water partition coefficient (Wildman–Crippen LogP) is 1.39. The molecule has 0 bridgehead atoms. The third kappa shape index (κ3) is 2.86. The number of carbonyl (C=O) groups is 1. The summed E-state index contributed by atoms with van der Waals surface area (Å²) in [6.45, 7) is -0.238. The van der Waals surface area contributed by atoms with E-state index in [1.54, 1.807) is 12.1 Å². The average Bonchev–Trinajstić information content (AvgIpc) is 3.04. The van der Waals surface area contributed by atoms with Crippen LogP contribution in [0.3, 0.4) is 0 Å². The maximum atomic E-state index is 10.4. The van der Waals surface area contributed by atoms with Crippen LogP contribution in [0.1, 0.15) is 34.1 Å². The lowest BCUT2D eigenvalue weighted by atomic mass is 10.4. The lowest BCUT2D eigenvalue weighted by molar-refractivity contribution is -0.127. The summed E-state index contributed by atoms with van der Waals surface area (Å²) in [6.07, 6.45) is -0.671. The minimum atomic E-state index is -1.25. The topological polar surface area (TPSA) is 93.0 Å². The fourth-order valence-corrected chi connectivity index (χ4v) is 1.39. The van der Waals surface area contributed by atoms with Crippen LogP contribution in [-0.2, 0) is 18.0 Å². The van der Waals surface area contributed by atoms with Crippen molar-refractivity contribution in [2.24, 2.45) is 0 Å². The lowest BCUT2D eigenvalue weighted by Crippen LogP contribution is -2.01. The third-order valence-corrected chi connectivity index (χ3v) is 2.26. The van der Waals surface area contributed by atoms with Crippen LogP contribution >= 0.6 is 0 Å². The number of hydrogen-bond donors (Lipinski definition) is 2. The zero-order chi connectivity index (χ0) is 13.0. The zero-order valence-corrected chi connectivity index (χ0v) is 9.41. The Hall–Kier alpha value is -1.89.